The van der Waals surface area contributed by atoms with E-state index in [4.69, 9.17) is 4.74 Å². The molecule has 2 N–H and O–H groups in total. The van der Waals surface area contributed by atoms with E-state index in [9.17, 15) is 4.39 Å². The minimum absolute atomic E-state index is 0.303. The van der Waals surface area contributed by atoms with Gasteiger partial charge in [0.05, 0.1) is 6.61 Å². The fraction of sp³-hybridized carbons (Fsp3) is 0.600. The molecule has 0 spiro atoms. The van der Waals surface area contributed by atoms with Gasteiger partial charge in [-0.2, -0.15) is 0 Å². The Kier molecular flexibility index (Phi) is 5.45. The van der Waals surface area contributed by atoms with Crippen LogP contribution in [0.5, 0.6) is 5.75 Å². The maximum Gasteiger partial charge on any atom is 0.167 e. The molecule has 0 saturated carbocycles. The molecule has 3 nitrogen and oxygen atoms in total. The van der Waals surface area contributed by atoms with Gasteiger partial charge in [0.15, 0.2) is 11.6 Å². The summed E-state index contributed by atoms with van der Waals surface area (Å²) in [6.07, 6.45) is 4.93. The van der Waals surface area contributed by atoms with Gasteiger partial charge >= 0.3 is 0 Å². The molecular formula is C15H23FN2O. The van der Waals surface area contributed by atoms with Gasteiger partial charge in [-0.3, -0.25) is 0 Å². The summed E-state index contributed by atoms with van der Waals surface area (Å²) in [5.74, 6) is 0.0182. The normalized spacial score (nSPS) is 19.2. The molecule has 1 aliphatic heterocycles. The van der Waals surface area contributed by atoms with Crippen LogP contribution in [0.25, 0.3) is 0 Å². The van der Waals surface area contributed by atoms with Crippen LogP contribution in [0, 0.1) is 5.82 Å². The fourth-order valence-electron chi connectivity index (χ4n) is 2.44. The number of benzene rings is 1. The van der Waals surface area contributed by atoms with Crippen LogP contribution >= 0.6 is 0 Å². The van der Waals surface area contributed by atoms with Crippen LogP contribution in [0.4, 0.5) is 10.1 Å². The second-order valence-corrected chi connectivity index (χ2v) is 4.94. The number of anilines is 1. The highest BCUT2D eigenvalue weighted by Crippen LogP contribution is 2.21. The Hall–Kier alpha value is -1.29. The monoisotopic (exact) mass is 266 g/mol. The maximum atomic E-state index is 13.6. The first-order valence-corrected chi connectivity index (χ1v) is 7.19. The minimum atomic E-state index is -0.303. The molecule has 19 heavy (non-hydrogen) atoms. The van der Waals surface area contributed by atoms with Gasteiger partial charge in [-0.05, 0) is 44.9 Å². The molecule has 1 aromatic carbocycles. The zero-order valence-electron chi connectivity index (χ0n) is 11.5. The number of nitrogens with one attached hydrogen (secondary N) is 2. The summed E-state index contributed by atoms with van der Waals surface area (Å²) in [6.45, 7) is 4.33. The number of rotatable bonds is 6. The molecule has 1 heterocycles. The average molecular weight is 266 g/mol. The van der Waals surface area contributed by atoms with Crippen LogP contribution < -0.4 is 15.4 Å². The van der Waals surface area contributed by atoms with Gasteiger partial charge in [-0.15, -0.1) is 0 Å². The van der Waals surface area contributed by atoms with E-state index in [0.29, 0.717) is 18.4 Å². The van der Waals surface area contributed by atoms with E-state index in [2.05, 4.69) is 10.6 Å². The molecule has 1 unspecified atom stereocenters. The minimum Gasteiger partial charge on any atom is -0.491 e. The van der Waals surface area contributed by atoms with Crippen LogP contribution in [0.2, 0.25) is 0 Å². The van der Waals surface area contributed by atoms with E-state index in [1.54, 1.807) is 6.07 Å². The van der Waals surface area contributed by atoms with Crippen molar-refractivity contribution in [1.82, 2.24) is 5.32 Å². The van der Waals surface area contributed by atoms with Gasteiger partial charge in [-0.25, -0.2) is 4.39 Å². The summed E-state index contributed by atoms with van der Waals surface area (Å²) in [6, 6.07) is 5.65. The van der Waals surface area contributed by atoms with Crippen molar-refractivity contribution in [2.24, 2.45) is 0 Å². The molecule has 1 aliphatic rings. The molecule has 4 heteroatoms. The largest absolute Gasteiger partial charge is 0.491 e. The lowest BCUT2D eigenvalue weighted by atomic mass is 10.0. The lowest BCUT2D eigenvalue weighted by Crippen LogP contribution is -2.35. The van der Waals surface area contributed by atoms with E-state index < -0.39 is 0 Å². The molecule has 0 amide bonds. The predicted octanol–water partition coefficient (Wildman–Crippen LogP) is 3.17. The summed E-state index contributed by atoms with van der Waals surface area (Å²) >= 11 is 0. The molecule has 1 fully saturated rings. The summed E-state index contributed by atoms with van der Waals surface area (Å²) < 4.78 is 18.8. The van der Waals surface area contributed by atoms with Crippen molar-refractivity contribution >= 4 is 5.69 Å². The van der Waals surface area contributed by atoms with E-state index >= 15 is 0 Å². The van der Waals surface area contributed by atoms with Crippen molar-refractivity contribution in [3.8, 4) is 5.75 Å². The Bertz CT molecular complexity index is 392. The molecule has 0 aliphatic carbocycles. The average Bonchev–Trinajstić information content (AvgIpc) is 2.43. The van der Waals surface area contributed by atoms with Crippen molar-refractivity contribution in [2.75, 3.05) is 25.0 Å². The number of hydrogen-bond donors (Lipinski definition) is 2. The molecule has 2 rings (SSSR count). The Labute approximate surface area is 114 Å². The van der Waals surface area contributed by atoms with Gasteiger partial charge in [0.25, 0.3) is 0 Å². The van der Waals surface area contributed by atoms with E-state index in [1.165, 1.54) is 25.3 Å². The van der Waals surface area contributed by atoms with Crippen molar-refractivity contribution < 1.29 is 9.13 Å². The highest BCUT2D eigenvalue weighted by Gasteiger charge is 2.11. The highest BCUT2D eigenvalue weighted by molar-refractivity contribution is 5.47. The van der Waals surface area contributed by atoms with E-state index in [-0.39, 0.29) is 5.82 Å². The molecule has 1 atom stereocenters. The highest BCUT2D eigenvalue weighted by atomic mass is 19.1. The third-order valence-corrected chi connectivity index (χ3v) is 3.47. The van der Waals surface area contributed by atoms with Gasteiger partial charge in [0.2, 0.25) is 0 Å². The molecule has 0 radical (unpaired) electrons. The van der Waals surface area contributed by atoms with Crippen molar-refractivity contribution in [3.05, 3.63) is 24.0 Å². The molecule has 0 aromatic heterocycles. The zero-order valence-corrected chi connectivity index (χ0v) is 11.5. The Morgan fingerprint density at radius 2 is 2.32 bits per heavy atom. The number of hydrogen-bond acceptors (Lipinski definition) is 3. The quantitative estimate of drug-likeness (QED) is 0.829. The van der Waals surface area contributed by atoms with Gasteiger partial charge in [-0.1, -0.05) is 6.42 Å². The fourth-order valence-corrected chi connectivity index (χ4v) is 2.44. The number of piperidine rings is 1. The molecular weight excluding hydrogens is 243 g/mol. The van der Waals surface area contributed by atoms with Gasteiger partial charge in [0.1, 0.15) is 0 Å². The van der Waals surface area contributed by atoms with E-state index in [1.807, 2.05) is 13.0 Å². The molecule has 1 saturated heterocycles. The SMILES string of the molecule is CCOc1ccc(NCCC2CCCCN2)cc1F. The summed E-state index contributed by atoms with van der Waals surface area (Å²) in [7, 11) is 0. The van der Waals surface area contributed by atoms with Crippen LogP contribution in [0.15, 0.2) is 18.2 Å². The van der Waals surface area contributed by atoms with E-state index in [0.717, 1.165) is 25.2 Å². The first-order valence-electron chi connectivity index (χ1n) is 7.19. The van der Waals surface area contributed by atoms with Crippen LogP contribution in [0.3, 0.4) is 0 Å². The summed E-state index contributed by atoms with van der Waals surface area (Å²) in [5.41, 5.74) is 0.816. The number of ether oxygens (including phenoxy) is 1. The van der Waals surface area contributed by atoms with Crippen LogP contribution in [-0.4, -0.2) is 25.7 Å². The lowest BCUT2D eigenvalue weighted by molar-refractivity contribution is 0.321. The lowest BCUT2D eigenvalue weighted by Gasteiger charge is -2.23. The third-order valence-electron chi connectivity index (χ3n) is 3.47. The van der Waals surface area contributed by atoms with Crippen molar-refractivity contribution in [1.29, 1.82) is 0 Å². The standard InChI is InChI=1S/C15H23FN2O/c1-2-19-15-7-6-13(11-14(15)16)18-10-8-12-5-3-4-9-17-12/h6-7,11-12,17-18H,2-5,8-10H2,1H3. The molecule has 106 valence electrons. The first kappa shape index (κ1) is 14.1. The molecule has 0 bridgehead atoms. The van der Waals surface area contributed by atoms with Crippen molar-refractivity contribution in [2.45, 2.75) is 38.6 Å². The Balaban J connectivity index is 1.77. The molecule has 1 aromatic rings. The summed E-state index contributed by atoms with van der Waals surface area (Å²) in [4.78, 5) is 0. The summed E-state index contributed by atoms with van der Waals surface area (Å²) in [5, 5.41) is 6.78. The topological polar surface area (TPSA) is 33.3 Å². The van der Waals surface area contributed by atoms with Crippen molar-refractivity contribution in [3.63, 3.8) is 0 Å². The first-order chi connectivity index (χ1) is 9.29. The second-order valence-electron chi connectivity index (χ2n) is 4.94. The smallest absolute Gasteiger partial charge is 0.167 e. The second kappa shape index (κ2) is 7.34. The predicted molar refractivity (Wildman–Crippen MR) is 76.3 cm³/mol. The van der Waals surface area contributed by atoms with Crippen LogP contribution in [0.1, 0.15) is 32.6 Å². The van der Waals surface area contributed by atoms with Crippen LogP contribution in [-0.2, 0) is 0 Å². The zero-order chi connectivity index (χ0) is 13.5. The third kappa shape index (κ3) is 4.39. The van der Waals surface area contributed by atoms with Gasteiger partial charge in [0, 0.05) is 24.3 Å². The Morgan fingerprint density at radius 3 is 3.00 bits per heavy atom. The number of halogens is 1. The van der Waals surface area contributed by atoms with Gasteiger partial charge < -0.3 is 15.4 Å². The maximum absolute atomic E-state index is 13.6. The Morgan fingerprint density at radius 1 is 1.42 bits per heavy atom.